The standard InChI is InChI=1S/C26H29N5O6/c1-14-20(29-24(32)18-8-4-5-9-19(18)25(33)34)10-11-21(28-14)23-22(15(2)31-37-23)30-26(35)36-16(3)17-7-6-12-27-13-17/h6-7,10-13,16,18-19H,4-5,8-9H2,1-3H3,(H,29,32)(H,30,35)(H,33,34)/t16-,18+,19-/m1/s1. The molecule has 3 atom stereocenters. The number of rotatable bonds is 7. The molecule has 0 aromatic carbocycles. The molecule has 4 rings (SSSR count). The maximum Gasteiger partial charge on any atom is 0.412 e. The first-order chi connectivity index (χ1) is 17.7. The Balaban J connectivity index is 1.47. The van der Waals surface area contributed by atoms with Gasteiger partial charge in [-0.25, -0.2) is 9.78 Å². The molecule has 0 radical (unpaired) electrons. The lowest BCUT2D eigenvalue weighted by Crippen LogP contribution is -2.36. The smallest absolute Gasteiger partial charge is 0.412 e. The summed E-state index contributed by atoms with van der Waals surface area (Å²) in [6.07, 6.45) is 4.70. The van der Waals surface area contributed by atoms with Gasteiger partial charge in [0.2, 0.25) is 11.7 Å². The van der Waals surface area contributed by atoms with Crippen LogP contribution in [0.5, 0.6) is 0 Å². The van der Waals surface area contributed by atoms with Crippen LogP contribution in [0.2, 0.25) is 0 Å². The zero-order chi connectivity index (χ0) is 26.5. The van der Waals surface area contributed by atoms with Crippen LogP contribution in [0.1, 0.15) is 55.7 Å². The number of hydrogen-bond donors (Lipinski definition) is 3. The summed E-state index contributed by atoms with van der Waals surface area (Å²) in [4.78, 5) is 45.6. The molecule has 0 unspecified atom stereocenters. The van der Waals surface area contributed by atoms with Crippen LogP contribution in [0.15, 0.2) is 41.2 Å². The van der Waals surface area contributed by atoms with Gasteiger partial charge >= 0.3 is 12.1 Å². The minimum absolute atomic E-state index is 0.239. The average molecular weight is 508 g/mol. The summed E-state index contributed by atoms with van der Waals surface area (Å²) >= 11 is 0. The van der Waals surface area contributed by atoms with Crippen molar-refractivity contribution in [2.45, 2.75) is 52.6 Å². The first-order valence-electron chi connectivity index (χ1n) is 12.1. The Bertz CT molecular complexity index is 1290. The van der Waals surface area contributed by atoms with Crippen LogP contribution in [0.25, 0.3) is 11.5 Å². The van der Waals surface area contributed by atoms with Crippen LogP contribution in [0.4, 0.5) is 16.2 Å². The molecule has 1 saturated carbocycles. The quantitative estimate of drug-likeness (QED) is 0.405. The number of aliphatic carboxylic acids is 1. The van der Waals surface area contributed by atoms with Crippen LogP contribution >= 0.6 is 0 Å². The molecule has 0 aliphatic heterocycles. The van der Waals surface area contributed by atoms with Gasteiger partial charge < -0.3 is 19.7 Å². The summed E-state index contributed by atoms with van der Waals surface area (Å²) in [5.41, 5.74) is 2.87. The molecule has 1 fully saturated rings. The summed E-state index contributed by atoms with van der Waals surface area (Å²) in [6.45, 7) is 5.13. The fourth-order valence-corrected chi connectivity index (χ4v) is 4.45. The van der Waals surface area contributed by atoms with E-state index in [0.29, 0.717) is 41.3 Å². The van der Waals surface area contributed by atoms with Crippen molar-refractivity contribution in [3.63, 3.8) is 0 Å². The Morgan fingerprint density at radius 3 is 2.51 bits per heavy atom. The second kappa shape index (κ2) is 11.2. The third kappa shape index (κ3) is 5.93. The average Bonchev–Trinajstić information content (AvgIpc) is 3.25. The number of carboxylic acid groups (broad SMARTS) is 1. The summed E-state index contributed by atoms with van der Waals surface area (Å²) in [7, 11) is 0. The molecule has 11 heteroatoms. The van der Waals surface area contributed by atoms with Crippen LogP contribution < -0.4 is 10.6 Å². The van der Waals surface area contributed by atoms with E-state index in [1.54, 1.807) is 51.4 Å². The fourth-order valence-electron chi connectivity index (χ4n) is 4.45. The molecule has 37 heavy (non-hydrogen) atoms. The highest BCUT2D eigenvalue weighted by Crippen LogP contribution is 2.33. The van der Waals surface area contributed by atoms with Gasteiger partial charge in [-0.3, -0.25) is 19.9 Å². The normalized spacial score (nSPS) is 18.0. The summed E-state index contributed by atoms with van der Waals surface area (Å²) in [5.74, 6) is -2.30. The number of pyridine rings is 2. The highest BCUT2D eigenvalue weighted by atomic mass is 16.6. The zero-order valence-corrected chi connectivity index (χ0v) is 20.9. The van der Waals surface area contributed by atoms with Gasteiger partial charge in [0.15, 0.2) is 0 Å². The van der Waals surface area contributed by atoms with E-state index < -0.39 is 30.0 Å². The summed E-state index contributed by atoms with van der Waals surface area (Å²) < 4.78 is 10.9. The van der Waals surface area contributed by atoms with E-state index in [9.17, 15) is 19.5 Å². The Hall–Kier alpha value is -4.28. The Morgan fingerprint density at radius 2 is 1.84 bits per heavy atom. The Kier molecular flexibility index (Phi) is 7.80. The van der Waals surface area contributed by atoms with Gasteiger partial charge in [-0.2, -0.15) is 0 Å². The van der Waals surface area contributed by atoms with Crippen molar-refractivity contribution in [1.29, 1.82) is 0 Å². The SMILES string of the molecule is Cc1nc(-c2onc(C)c2NC(=O)O[C@H](C)c2cccnc2)ccc1NC(=O)[C@H]1CCCC[C@H]1C(=O)O. The van der Waals surface area contributed by atoms with E-state index in [1.807, 2.05) is 6.07 Å². The third-order valence-electron chi connectivity index (χ3n) is 6.52. The number of carboxylic acids is 1. The van der Waals surface area contributed by atoms with Crippen molar-refractivity contribution in [1.82, 2.24) is 15.1 Å². The molecule has 11 nitrogen and oxygen atoms in total. The fraction of sp³-hybridized carbons (Fsp3) is 0.385. The molecule has 3 N–H and O–H groups in total. The van der Waals surface area contributed by atoms with Gasteiger partial charge in [0.1, 0.15) is 23.2 Å². The van der Waals surface area contributed by atoms with E-state index in [2.05, 4.69) is 25.8 Å². The van der Waals surface area contributed by atoms with Crippen molar-refractivity contribution in [3.8, 4) is 11.5 Å². The topological polar surface area (TPSA) is 157 Å². The molecule has 3 aromatic rings. The lowest BCUT2D eigenvalue weighted by atomic mass is 9.78. The van der Waals surface area contributed by atoms with Crippen LogP contribution in [-0.4, -0.2) is 38.2 Å². The molecule has 3 heterocycles. The maximum atomic E-state index is 12.9. The minimum atomic E-state index is -0.945. The van der Waals surface area contributed by atoms with Gasteiger partial charge in [0.05, 0.1) is 23.2 Å². The predicted octanol–water partition coefficient (Wildman–Crippen LogP) is 4.89. The summed E-state index contributed by atoms with van der Waals surface area (Å²) in [5, 5.41) is 18.9. The van der Waals surface area contributed by atoms with E-state index >= 15 is 0 Å². The lowest BCUT2D eigenvalue weighted by Gasteiger charge is -2.27. The minimum Gasteiger partial charge on any atom is -0.481 e. The highest BCUT2D eigenvalue weighted by Gasteiger charge is 2.36. The number of aromatic nitrogens is 3. The van der Waals surface area contributed by atoms with Crippen molar-refractivity contribution < 1.29 is 28.8 Å². The van der Waals surface area contributed by atoms with Gasteiger partial charge in [0.25, 0.3) is 0 Å². The van der Waals surface area contributed by atoms with Crippen molar-refractivity contribution in [3.05, 3.63) is 53.6 Å². The van der Waals surface area contributed by atoms with Crippen molar-refractivity contribution in [2.24, 2.45) is 11.8 Å². The second-order valence-electron chi connectivity index (χ2n) is 9.09. The molecular weight excluding hydrogens is 478 g/mol. The third-order valence-corrected chi connectivity index (χ3v) is 6.52. The first-order valence-corrected chi connectivity index (χ1v) is 12.1. The molecule has 1 aliphatic carbocycles. The zero-order valence-electron chi connectivity index (χ0n) is 20.9. The lowest BCUT2D eigenvalue weighted by molar-refractivity contribution is -0.147. The molecular formula is C26H29N5O6. The van der Waals surface area contributed by atoms with Gasteiger partial charge in [-0.05, 0) is 51.8 Å². The molecule has 0 bridgehead atoms. The Labute approximate surface area is 213 Å². The van der Waals surface area contributed by atoms with Crippen LogP contribution in [0.3, 0.4) is 0 Å². The van der Waals surface area contributed by atoms with Gasteiger partial charge in [-0.15, -0.1) is 0 Å². The second-order valence-corrected chi connectivity index (χ2v) is 9.09. The number of nitrogens with one attached hydrogen (secondary N) is 2. The number of nitrogens with zero attached hydrogens (tertiary/aromatic N) is 3. The van der Waals surface area contributed by atoms with Crippen molar-refractivity contribution in [2.75, 3.05) is 10.6 Å². The molecule has 194 valence electrons. The molecule has 2 amide bonds. The van der Waals surface area contributed by atoms with E-state index in [-0.39, 0.29) is 11.7 Å². The van der Waals surface area contributed by atoms with E-state index in [1.165, 1.54) is 0 Å². The predicted molar refractivity (Wildman–Crippen MR) is 134 cm³/mol. The number of amides is 2. The molecule has 0 spiro atoms. The number of aryl methyl sites for hydroxylation is 2. The number of carbonyl (C=O) groups excluding carboxylic acids is 2. The Morgan fingerprint density at radius 1 is 1.08 bits per heavy atom. The number of anilines is 2. The molecule has 0 saturated heterocycles. The van der Waals surface area contributed by atoms with Crippen molar-refractivity contribution >= 4 is 29.3 Å². The van der Waals surface area contributed by atoms with Crippen LogP contribution in [-0.2, 0) is 14.3 Å². The van der Waals surface area contributed by atoms with Gasteiger partial charge in [-0.1, -0.05) is 24.1 Å². The molecule has 3 aromatic heterocycles. The van der Waals surface area contributed by atoms with Crippen LogP contribution in [0, 0.1) is 25.7 Å². The maximum absolute atomic E-state index is 12.9. The largest absolute Gasteiger partial charge is 0.481 e. The van der Waals surface area contributed by atoms with Gasteiger partial charge in [0, 0.05) is 18.0 Å². The first kappa shape index (κ1) is 25.8. The number of carbonyl (C=O) groups is 3. The van der Waals surface area contributed by atoms with E-state index in [4.69, 9.17) is 9.26 Å². The van der Waals surface area contributed by atoms with E-state index in [0.717, 1.165) is 18.4 Å². The molecule has 1 aliphatic rings. The monoisotopic (exact) mass is 507 g/mol. The summed E-state index contributed by atoms with van der Waals surface area (Å²) in [6, 6.07) is 6.87. The highest BCUT2D eigenvalue weighted by molar-refractivity contribution is 5.96. The number of hydrogen-bond acceptors (Lipinski definition) is 8. The number of ether oxygens (including phenoxy) is 1.